The number of nitrogens with two attached hydrogens (primary N) is 1. The smallest absolute Gasteiger partial charge is 0.410 e. The van der Waals surface area contributed by atoms with Gasteiger partial charge in [0.1, 0.15) is 18.0 Å². The third-order valence-corrected chi connectivity index (χ3v) is 5.31. The van der Waals surface area contributed by atoms with E-state index in [4.69, 9.17) is 26.8 Å². The Kier molecular flexibility index (Phi) is 10.1. The van der Waals surface area contributed by atoms with Crippen molar-refractivity contribution in [2.24, 2.45) is 0 Å². The van der Waals surface area contributed by atoms with Gasteiger partial charge in [0.15, 0.2) is 0 Å². The monoisotopic (exact) mass is 528 g/mol. The van der Waals surface area contributed by atoms with Crippen molar-refractivity contribution < 1.29 is 14.3 Å². The van der Waals surface area contributed by atoms with Crippen molar-refractivity contribution in [1.29, 1.82) is 0 Å². The molecule has 10 heteroatoms. The van der Waals surface area contributed by atoms with E-state index < -0.39 is 11.7 Å². The zero-order valence-corrected chi connectivity index (χ0v) is 22.2. The molecule has 3 heterocycles. The van der Waals surface area contributed by atoms with E-state index in [1.165, 1.54) is 0 Å². The summed E-state index contributed by atoms with van der Waals surface area (Å²) in [6.45, 7) is 14.3. The second-order valence-electron chi connectivity index (χ2n) is 9.31. The van der Waals surface area contributed by atoms with E-state index >= 15 is 0 Å². The second kappa shape index (κ2) is 12.6. The molecule has 0 saturated heterocycles. The van der Waals surface area contributed by atoms with Gasteiger partial charge < -0.3 is 15.2 Å². The summed E-state index contributed by atoms with van der Waals surface area (Å²) in [7, 11) is 0. The van der Waals surface area contributed by atoms with Crippen molar-refractivity contribution in [2.75, 3.05) is 12.3 Å². The number of halogens is 1. The number of fused-ring (bicyclic) bond motifs is 1. The summed E-state index contributed by atoms with van der Waals surface area (Å²) in [6, 6.07) is 5.47. The third-order valence-electron chi connectivity index (χ3n) is 5.09. The molecular weight excluding hydrogens is 492 g/mol. The van der Waals surface area contributed by atoms with E-state index in [1.54, 1.807) is 27.9 Å². The highest BCUT2D eigenvalue weighted by molar-refractivity contribution is 6.31. The third kappa shape index (κ3) is 7.69. The van der Waals surface area contributed by atoms with Crippen LogP contribution in [0.2, 0.25) is 5.02 Å². The number of aromatic nitrogens is 4. The minimum Gasteiger partial charge on any atom is -0.491 e. The van der Waals surface area contributed by atoms with Crippen molar-refractivity contribution in [1.82, 2.24) is 24.6 Å². The Labute approximate surface area is 224 Å². The van der Waals surface area contributed by atoms with Gasteiger partial charge in [0.25, 0.3) is 0 Å². The summed E-state index contributed by atoms with van der Waals surface area (Å²) in [5.74, 6) is 0.717. The molecule has 0 radical (unpaired) electrons. The van der Waals surface area contributed by atoms with Crippen molar-refractivity contribution in [3.05, 3.63) is 65.1 Å². The molecule has 0 unspecified atom stereocenters. The molecule has 0 aliphatic carbocycles. The molecule has 0 bridgehead atoms. The van der Waals surface area contributed by atoms with Crippen LogP contribution in [0.5, 0.6) is 5.75 Å². The van der Waals surface area contributed by atoms with Crippen molar-refractivity contribution in [3.63, 3.8) is 0 Å². The summed E-state index contributed by atoms with van der Waals surface area (Å²) < 4.78 is 13.4. The lowest BCUT2D eigenvalue weighted by Gasteiger charge is -2.24. The molecule has 1 aliphatic heterocycles. The predicted molar refractivity (Wildman–Crippen MR) is 147 cm³/mol. The summed E-state index contributed by atoms with van der Waals surface area (Å²) in [5.41, 5.74) is 9.26. The topological polar surface area (TPSA) is 108 Å². The number of amides is 1. The van der Waals surface area contributed by atoms with Crippen LogP contribution in [0.3, 0.4) is 0 Å². The maximum Gasteiger partial charge on any atom is 0.410 e. The average molecular weight is 529 g/mol. The van der Waals surface area contributed by atoms with E-state index in [9.17, 15) is 4.79 Å². The van der Waals surface area contributed by atoms with Gasteiger partial charge in [0, 0.05) is 28.5 Å². The van der Waals surface area contributed by atoms with Crippen molar-refractivity contribution in [3.8, 4) is 17.0 Å². The van der Waals surface area contributed by atoms with Gasteiger partial charge in [-0.3, -0.25) is 9.58 Å². The Morgan fingerprint density at radius 3 is 2.59 bits per heavy atom. The first-order valence-corrected chi connectivity index (χ1v) is 12.0. The SMILES string of the molecule is C.C=CC.Cc1cc(Cl)cc(OCCn2cccn2)c1-c1nc(N)nc2c1CN(C(=O)OC(C)(C)C)C2. The summed E-state index contributed by atoms with van der Waals surface area (Å²) in [5, 5.41) is 4.75. The number of ether oxygens (including phenoxy) is 2. The quantitative estimate of drug-likeness (QED) is 0.402. The molecule has 1 aromatic carbocycles. The van der Waals surface area contributed by atoms with Gasteiger partial charge in [-0.15, -0.1) is 6.58 Å². The van der Waals surface area contributed by atoms with E-state index in [0.717, 1.165) is 16.7 Å². The molecule has 3 aromatic rings. The average Bonchev–Trinajstić information content (AvgIpc) is 3.42. The van der Waals surface area contributed by atoms with Crippen LogP contribution in [0.15, 0.2) is 43.2 Å². The molecule has 37 heavy (non-hydrogen) atoms. The number of hydrogen-bond acceptors (Lipinski definition) is 7. The summed E-state index contributed by atoms with van der Waals surface area (Å²) in [6.07, 6.45) is 4.93. The fraction of sp³-hybridized carbons (Fsp3) is 0.407. The van der Waals surface area contributed by atoms with Gasteiger partial charge in [-0.05, 0) is 58.4 Å². The Hall–Kier alpha value is -3.59. The molecule has 1 aliphatic rings. The maximum absolute atomic E-state index is 12.7. The normalized spacial score (nSPS) is 12.1. The lowest BCUT2D eigenvalue weighted by Crippen LogP contribution is -2.33. The number of hydrogen-bond donors (Lipinski definition) is 1. The molecule has 4 rings (SSSR count). The first-order chi connectivity index (χ1) is 17.0. The highest BCUT2D eigenvalue weighted by atomic mass is 35.5. The number of nitrogen functional groups attached to an aromatic ring is 1. The molecule has 9 nitrogen and oxygen atoms in total. The lowest BCUT2D eigenvalue weighted by atomic mass is 10.00. The number of benzene rings is 1. The number of anilines is 1. The van der Waals surface area contributed by atoms with Crippen LogP contribution in [0, 0.1) is 6.92 Å². The Morgan fingerprint density at radius 2 is 1.97 bits per heavy atom. The Balaban J connectivity index is 0.00000115. The number of carbonyl (C=O) groups excluding carboxylic acids is 1. The molecule has 1 amide bonds. The van der Waals surface area contributed by atoms with Crippen LogP contribution in [0.4, 0.5) is 10.7 Å². The number of rotatable bonds is 5. The number of nitrogens with zero attached hydrogens (tertiary/aromatic N) is 5. The van der Waals surface area contributed by atoms with Gasteiger partial charge in [0.05, 0.1) is 31.0 Å². The number of aryl methyl sites for hydroxylation is 1. The molecule has 0 saturated carbocycles. The van der Waals surface area contributed by atoms with Crippen LogP contribution >= 0.6 is 11.6 Å². The maximum atomic E-state index is 12.7. The van der Waals surface area contributed by atoms with E-state index in [0.29, 0.717) is 48.4 Å². The fourth-order valence-electron chi connectivity index (χ4n) is 3.75. The molecular formula is C27H37ClN6O3. The first-order valence-electron chi connectivity index (χ1n) is 11.6. The largest absolute Gasteiger partial charge is 0.491 e. The summed E-state index contributed by atoms with van der Waals surface area (Å²) >= 11 is 6.34. The lowest BCUT2D eigenvalue weighted by molar-refractivity contribution is 0.0241. The number of carbonyl (C=O) groups is 1. The van der Waals surface area contributed by atoms with E-state index in [-0.39, 0.29) is 13.4 Å². The predicted octanol–water partition coefficient (Wildman–Crippen LogP) is 6.04. The molecule has 2 N–H and O–H groups in total. The van der Waals surface area contributed by atoms with Crippen molar-refractivity contribution >= 4 is 23.6 Å². The molecule has 0 atom stereocenters. The van der Waals surface area contributed by atoms with Crippen molar-refractivity contribution in [2.45, 2.75) is 67.3 Å². The van der Waals surface area contributed by atoms with Gasteiger partial charge in [0.2, 0.25) is 5.95 Å². The molecule has 0 fully saturated rings. The number of allylic oxidation sites excluding steroid dienone is 1. The zero-order valence-electron chi connectivity index (χ0n) is 21.4. The second-order valence-corrected chi connectivity index (χ2v) is 9.75. The zero-order chi connectivity index (χ0) is 26.5. The molecule has 200 valence electrons. The first kappa shape index (κ1) is 29.6. The van der Waals surface area contributed by atoms with E-state index in [1.807, 2.05) is 52.9 Å². The standard InChI is InChI=1S/C23H27ClN6O3.C3H6.CH4/c1-14-10-15(24)11-18(32-9-8-30-7-5-6-26-30)19(14)20-16-12-29(22(31)33-23(2,3)4)13-17(16)27-21(25)28-20;1-3-2;/h5-7,10-11H,8-9,12-13H2,1-4H3,(H2,25,27,28);3H,1H2,2H3;1H4. The van der Waals surface area contributed by atoms with Crippen LogP contribution in [-0.4, -0.2) is 42.9 Å². The Bertz CT molecular complexity index is 1220. The Morgan fingerprint density at radius 1 is 1.27 bits per heavy atom. The van der Waals surface area contributed by atoms with Gasteiger partial charge in [-0.2, -0.15) is 5.10 Å². The highest BCUT2D eigenvalue weighted by Crippen LogP contribution is 2.40. The van der Waals surface area contributed by atoms with Gasteiger partial charge in [-0.1, -0.05) is 25.1 Å². The highest BCUT2D eigenvalue weighted by Gasteiger charge is 2.32. The van der Waals surface area contributed by atoms with Crippen LogP contribution in [0.1, 0.15) is 51.9 Å². The molecule has 2 aromatic heterocycles. The van der Waals surface area contributed by atoms with E-state index in [2.05, 4.69) is 21.6 Å². The summed E-state index contributed by atoms with van der Waals surface area (Å²) in [4.78, 5) is 23.2. The van der Waals surface area contributed by atoms with Gasteiger partial charge >= 0.3 is 6.09 Å². The van der Waals surface area contributed by atoms with Crippen LogP contribution in [0.25, 0.3) is 11.3 Å². The van der Waals surface area contributed by atoms with Crippen LogP contribution in [-0.2, 0) is 24.4 Å². The fourth-order valence-corrected chi connectivity index (χ4v) is 4.01. The van der Waals surface area contributed by atoms with Crippen LogP contribution < -0.4 is 10.5 Å². The minimum absolute atomic E-state index is 0. The minimum atomic E-state index is -0.595. The molecule has 0 spiro atoms. The van der Waals surface area contributed by atoms with Gasteiger partial charge in [-0.25, -0.2) is 14.8 Å².